The lowest BCUT2D eigenvalue weighted by Crippen LogP contribution is -2.43. The van der Waals surface area contributed by atoms with Crippen molar-refractivity contribution in [1.29, 1.82) is 0 Å². The molecule has 120 valence electrons. The lowest BCUT2D eigenvalue weighted by molar-refractivity contribution is 0.145. The number of hydrogen-bond donors (Lipinski definition) is 1. The lowest BCUT2D eigenvalue weighted by Gasteiger charge is -2.32. The van der Waals surface area contributed by atoms with Gasteiger partial charge < -0.3 is 15.0 Å². The van der Waals surface area contributed by atoms with Gasteiger partial charge in [0.05, 0.1) is 6.61 Å². The molecule has 0 bridgehead atoms. The van der Waals surface area contributed by atoms with Crippen LogP contribution in [-0.4, -0.2) is 30.6 Å². The van der Waals surface area contributed by atoms with Gasteiger partial charge in [0.2, 0.25) is 0 Å². The number of carbonyl (C=O) groups is 1. The van der Waals surface area contributed by atoms with Crippen molar-refractivity contribution in [1.82, 2.24) is 4.90 Å². The Balaban J connectivity index is 1.50. The van der Waals surface area contributed by atoms with E-state index in [2.05, 4.69) is 5.32 Å². The van der Waals surface area contributed by atoms with E-state index in [1.807, 2.05) is 65.6 Å². The predicted molar refractivity (Wildman–Crippen MR) is 91.7 cm³/mol. The topological polar surface area (TPSA) is 41.6 Å². The smallest absolute Gasteiger partial charge is 0.321 e. The molecule has 1 saturated heterocycles. The monoisotopic (exact) mass is 310 g/mol. The standard InChI is InChI=1S/C19H22N2O2/c22-19(20-17-9-3-1-4-10-17)21-13-7-8-16(14-21)15-23-18-11-5-2-6-12-18/h1-6,9-12,16H,7-8,13-15H2,(H,20,22). The molecular weight excluding hydrogens is 288 g/mol. The minimum absolute atomic E-state index is 0.0272. The van der Waals surface area contributed by atoms with Gasteiger partial charge in [0, 0.05) is 24.7 Å². The molecule has 1 fully saturated rings. The molecule has 1 N–H and O–H groups in total. The maximum absolute atomic E-state index is 12.4. The van der Waals surface area contributed by atoms with Crippen molar-refractivity contribution in [3.63, 3.8) is 0 Å². The minimum Gasteiger partial charge on any atom is -0.493 e. The van der Waals surface area contributed by atoms with Crippen molar-refractivity contribution in [3.8, 4) is 5.75 Å². The van der Waals surface area contributed by atoms with Gasteiger partial charge in [0.1, 0.15) is 5.75 Å². The van der Waals surface area contributed by atoms with Crippen LogP contribution in [0.5, 0.6) is 5.75 Å². The molecule has 1 unspecified atom stereocenters. The Morgan fingerprint density at radius 2 is 1.78 bits per heavy atom. The summed E-state index contributed by atoms with van der Waals surface area (Å²) >= 11 is 0. The van der Waals surface area contributed by atoms with Gasteiger partial charge in [-0.2, -0.15) is 0 Å². The lowest BCUT2D eigenvalue weighted by atomic mass is 9.99. The summed E-state index contributed by atoms with van der Waals surface area (Å²) in [5, 5.41) is 2.95. The summed E-state index contributed by atoms with van der Waals surface area (Å²) in [6.07, 6.45) is 2.12. The van der Waals surface area contributed by atoms with Crippen LogP contribution in [0.4, 0.5) is 10.5 Å². The fourth-order valence-electron chi connectivity index (χ4n) is 2.84. The summed E-state index contributed by atoms with van der Waals surface area (Å²) in [6, 6.07) is 19.4. The number of rotatable bonds is 4. The number of benzene rings is 2. The van der Waals surface area contributed by atoms with Gasteiger partial charge in [-0.05, 0) is 37.1 Å². The second-order valence-corrected chi connectivity index (χ2v) is 5.87. The molecule has 3 rings (SSSR count). The maximum Gasteiger partial charge on any atom is 0.321 e. The Morgan fingerprint density at radius 1 is 1.09 bits per heavy atom. The first-order valence-electron chi connectivity index (χ1n) is 8.10. The van der Waals surface area contributed by atoms with Crippen LogP contribution in [0.15, 0.2) is 60.7 Å². The number of hydrogen-bond acceptors (Lipinski definition) is 2. The number of nitrogens with one attached hydrogen (secondary N) is 1. The van der Waals surface area contributed by atoms with Crippen molar-refractivity contribution in [2.75, 3.05) is 25.0 Å². The average Bonchev–Trinajstić information content (AvgIpc) is 2.62. The van der Waals surface area contributed by atoms with Crippen LogP contribution < -0.4 is 10.1 Å². The van der Waals surface area contributed by atoms with Crippen LogP contribution in [0.2, 0.25) is 0 Å². The van der Waals surface area contributed by atoms with E-state index in [9.17, 15) is 4.79 Å². The van der Waals surface area contributed by atoms with Crippen molar-refractivity contribution >= 4 is 11.7 Å². The Morgan fingerprint density at radius 3 is 2.52 bits per heavy atom. The zero-order valence-electron chi connectivity index (χ0n) is 13.2. The van der Waals surface area contributed by atoms with E-state index in [4.69, 9.17) is 4.74 Å². The highest BCUT2D eigenvalue weighted by molar-refractivity contribution is 5.89. The van der Waals surface area contributed by atoms with Crippen LogP contribution in [-0.2, 0) is 0 Å². The van der Waals surface area contributed by atoms with E-state index in [0.29, 0.717) is 12.5 Å². The molecule has 0 radical (unpaired) electrons. The molecule has 2 amide bonds. The number of piperidine rings is 1. The van der Waals surface area contributed by atoms with E-state index in [1.165, 1.54) is 0 Å². The van der Waals surface area contributed by atoms with Crippen molar-refractivity contribution in [2.45, 2.75) is 12.8 Å². The van der Waals surface area contributed by atoms with Gasteiger partial charge >= 0.3 is 6.03 Å². The van der Waals surface area contributed by atoms with Gasteiger partial charge in [-0.15, -0.1) is 0 Å². The Kier molecular flexibility index (Phi) is 5.14. The number of anilines is 1. The number of likely N-dealkylation sites (tertiary alicyclic amines) is 1. The fraction of sp³-hybridized carbons (Fsp3) is 0.316. The third-order valence-electron chi connectivity index (χ3n) is 4.06. The highest BCUT2D eigenvalue weighted by atomic mass is 16.5. The van der Waals surface area contributed by atoms with Gasteiger partial charge in [0.15, 0.2) is 0 Å². The molecule has 0 saturated carbocycles. The van der Waals surface area contributed by atoms with Crippen molar-refractivity contribution < 1.29 is 9.53 Å². The molecule has 23 heavy (non-hydrogen) atoms. The van der Waals surface area contributed by atoms with Gasteiger partial charge in [0.25, 0.3) is 0 Å². The van der Waals surface area contributed by atoms with E-state index in [0.717, 1.165) is 37.4 Å². The van der Waals surface area contributed by atoms with Gasteiger partial charge in [-0.3, -0.25) is 0 Å². The van der Waals surface area contributed by atoms with Crippen LogP contribution in [0.1, 0.15) is 12.8 Å². The number of carbonyl (C=O) groups excluding carboxylic acids is 1. The quantitative estimate of drug-likeness (QED) is 0.927. The van der Waals surface area contributed by atoms with E-state index in [1.54, 1.807) is 0 Å². The molecular formula is C19H22N2O2. The van der Waals surface area contributed by atoms with Gasteiger partial charge in [-0.25, -0.2) is 4.79 Å². The number of urea groups is 1. The zero-order chi connectivity index (χ0) is 15.9. The number of ether oxygens (including phenoxy) is 1. The first-order chi connectivity index (χ1) is 11.3. The first kappa shape index (κ1) is 15.4. The molecule has 0 spiro atoms. The van der Waals surface area contributed by atoms with Crippen LogP contribution in [0.25, 0.3) is 0 Å². The van der Waals surface area contributed by atoms with E-state index in [-0.39, 0.29) is 6.03 Å². The molecule has 0 aromatic heterocycles. The molecule has 1 atom stereocenters. The van der Waals surface area contributed by atoms with Crippen LogP contribution in [0, 0.1) is 5.92 Å². The maximum atomic E-state index is 12.4. The first-order valence-corrected chi connectivity index (χ1v) is 8.10. The summed E-state index contributed by atoms with van der Waals surface area (Å²) in [4.78, 5) is 14.2. The summed E-state index contributed by atoms with van der Waals surface area (Å²) in [7, 11) is 0. The SMILES string of the molecule is O=C(Nc1ccccc1)N1CCCC(COc2ccccc2)C1. The second-order valence-electron chi connectivity index (χ2n) is 5.87. The molecule has 0 aliphatic carbocycles. The van der Waals surface area contributed by atoms with E-state index < -0.39 is 0 Å². The number of nitrogens with zero attached hydrogens (tertiary/aromatic N) is 1. The normalized spacial score (nSPS) is 17.6. The summed E-state index contributed by atoms with van der Waals surface area (Å²) in [6.45, 7) is 2.20. The highest BCUT2D eigenvalue weighted by Crippen LogP contribution is 2.19. The Bertz CT molecular complexity index is 616. The molecule has 2 aromatic carbocycles. The van der Waals surface area contributed by atoms with Gasteiger partial charge in [-0.1, -0.05) is 36.4 Å². The third kappa shape index (κ3) is 4.49. The second kappa shape index (κ2) is 7.68. The Hall–Kier alpha value is -2.49. The molecule has 1 heterocycles. The number of para-hydroxylation sites is 2. The van der Waals surface area contributed by atoms with E-state index >= 15 is 0 Å². The zero-order valence-corrected chi connectivity index (χ0v) is 13.2. The summed E-state index contributed by atoms with van der Waals surface area (Å²) in [5.74, 6) is 1.27. The minimum atomic E-state index is -0.0272. The predicted octanol–water partition coefficient (Wildman–Crippen LogP) is 4.01. The van der Waals surface area contributed by atoms with Crippen molar-refractivity contribution in [3.05, 3.63) is 60.7 Å². The van der Waals surface area contributed by atoms with Crippen LogP contribution in [0.3, 0.4) is 0 Å². The third-order valence-corrected chi connectivity index (χ3v) is 4.06. The largest absolute Gasteiger partial charge is 0.493 e. The Labute approximate surface area is 137 Å². The molecule has 1 aliphatic heterocycles. The molecule has 2 aromatic rings. The molecule has 4 heteroatoms. The summed E-state index contributed by atoms with van der Waals surface area (Å²) < 4.78 is 5.83. The fourth-order valence-corrected chi connectivity index (χ4v) is 2.84. The summed E-state index contributed by atoms with van der Waals surface area (Å²) in [5.41, 5.74) is 0.833. The molecule has 4 nitrogen and oxygen atoms in total. The molecule has 1 aliphatic rings. The van der Waals surface area contributed by atoms with Crippen LogP contribution >= 0.6 is 0 Å². The highest BCUT2D eigenvalue weighted by Gasteiger charge is 2.24. The number of amides is 2. The van der Waals surface area contributed by atoms with Crippen molar-refractivity contribution in [2.24, 2.45) is 5.92 Å². The average molecular weight is 310 g/mol.